The highest BCUT2D eigenvalue weighted by molar-refractivity contribution is 7.60. The molecule has 2 unspecified atom stereocenters. The van der Waals surface area contributed by atoms with Gasteiger partial charge in [0.25, 0.3) is 7.94 Å². The molecule has 2 atom stereocenters. The van der Waals surface area contributed by atoms with Crippen LogP contribution < -0.4 is 4.74 Å². The molecule has 5 rings (SSSR count). The Balaban J connectivity index is 1.30. The van der Waals surface area contributed by atoms with Crippen LogP contribution in [0.2, 0.25) is 5.02 Å². The number of aromatic hydroxyl groups is 1. The number of aromatic nitrogens is 1. The number of halogens is 1. The number of aryl methyl sites for hydroxylation is 1. The molecule has 8 heteroatoms. The molecule has 2 aromatic carbocycles. The number of pyridine rings is 1. The zero-order chi connectivity index (χ0) is 28.3. The van der Waals surface area contributed by atoms with Crippen molar-refractivity contribution < 1.29 is 23.8 Å². The minimum Gasteiger partial charge on any atom is -0.506 e. The molecule has 2 aliphatic rings. The average molecular weight is 585 g/mol. The fourth-order valence-corrected chi connectivity index (χ4v) is 7.61. The first kappa shape index (κ1) is 29.3. The van der Waals surface area contributed by atoms with Crippen LogP contribution in [0.25, 0.3) is 0 Å². The van der Waals surface area contributed by atoms with E-state index in [1.54, 1.807) is 0 Å². The van der Waals surface area contributed by atoms with Gasteiger partial charge < -0.3 is 23.8 Å². The molecule has 2 heterocycles. The predicted molar refractivity (Wildman–Crippen MR) is 160 cm³/mol. The van der Waals surface area contributed by atoms with E-state index in [0.717, 1.165) is 46.5 Å². The lowest BCUT2D eigenvalue weighted by Crippen LogP contribution is -2.21. The Morgan fingerprint density at radius 3 is 2.52 bits per heavy atom. The molecule has 3 aromatic rings. The molecule has 1 saturated heterocycles. The maximum Gasteiger partial charge on any atom is 0.269 e. The summed E-state index contributed by atoms with van der Waals surface area (Å²) in [6.07, 6.45) is 8.10. The topological polar surface area (TPSA) is 81.0 Å². The van der Waals surface area contributed by atoms with Gasteiger partial charge in [-0.05, 0) is 91.8 Å². The average Bonchev–Trinajstić information content (AvgIpc) is 3.23. The first-order valence-corrected chi connectivity index (χ1v) is 16.5. The van der Waals surface area contributed by atoms with Crippen LogP contribution in [-0.4, -0.2) is 27.9 Å². The Labute approximate surface area is 243 Å². The Hall–Kier alpha value is -2.21. The van der Waals surface area contributed by atoms with Crippen molar-refractivity contribution in [2.24, 2.45) is 0 Å². The second-order valence-corrected chi connectivity index (χ2v) is 13.6. The summed E-state index contributed by atoms with van der Waals surface area (Å²) in [6, 6.07) is 13.3. The van der Waals surface area contributed by atoms with Gasteiger partial charge in [0.1, 0.15) is 11.5 Å². The molecular weight excluding hydrogens is 545 g/mol. The quantitative estimate of drug-likeness (QED) is 0.214. The first-order valence-electron chi connectivity index (χ1n) is 14.3. The summed E-state index contributed by atoms with van der Waals surface area (Å²) in [7, 11) is -3.21. The van der Waals surface area contributed by atoms with Gasteiger partial charge in [0, 0.05) is 29.5 Å². The number of hydrogen-bond donors (Lipinski definition) is 2. The lowest BCUT2D eigenvalue weighted by molar-refractivity contribution is 0.0518. The summed E-state index contributed by atoms with van der Waals surface area (Å²) in [4.78, 5) is 16.1. The van der Waals surface area contributed by atoms with Crippen LogP contribution in [0.5, 0.6) is 11.5 Å². The molecule has 2 fully saturated rings. The fourth-order valence-electron chi connectivity index (χ4n) is 5.90. The lowest BCUT2D eigenvalue weighted by Gasteiger charge is -2.37. The van der Waals surface area contributed by atoms with Gasteiger partial charge >= 0.3 is 0 Å². The van der Waals surface area contributed by atoms with Crippen LogP contribution in [0, 0.1) is 20.8 Å². The SMILES string of the molecule is Cc1cc(OC[P]2(O)OCCC(c3cccc(Cl)c3)O2)c(C)c(C)c1Cc1ccc(O)c(C2CCCCCC2)n1. The van der Waals surface area contributed by atoms with Crippen molar-refractivity contribution in [3.05, 3.63) is 86.7 Å². The van der Waals surface area contributed by atoms with Crippen LogP contribution >= 0.6 is 19.5 Å². The van der Waals surface area contributed by atoms with Crippen LogP contribution in [0.3, 0.4) is 0 Å². The fraction of sp³-hybridized carbons (Fsp3) is 0.469. The van der Waals surface area contributed by atoms with E-state index >= 15 is 0 Å². The highest BCUT2D eigenvalue weighted by Crippen LogP contribution is 2.63. The Kier molecular flexibility index (Phi) is 9.34. The van der Waals surface area contributed by atoms with E-state index in [9.17, 15) is 10.00 Å². The molecule has 6 nitrogen and oxygen atoms in total. The summed E-state index contributed by atoms with van der Waals surface area (Å²) in [5.74, 6) is 1.36. The van der Waals surface area contributed by atoms with Crippen molar-refractivity contribution in [1.82, 2.24) is 4.98 Å². The predicted octanol–water partition coefficient (Wildman–Crippen LogP) is 8.66. The third-order valence-electron chi connectivity index (χ3n) is 8.34. The van der Waals surface area contributed by atoms with Gasteiger partial charge in [0.15, 0.2) is 6.35 Å². The van der Waals surface area contributed by atoms with Crippen molar-refractivity contribution >= 4 is 19.5 Å². The van der Waals surface area contributed by atoms with Crippen LogP contribution in [-0.2, 0) is 15.5 Å². The molecule has 1 saturated carbocycles. The van der Waals surface area contributed by atoms with E-state index < -0.39 is 7.94 Å². The van der Waals surface area contributed by atoms with Gasteiger partial charge in [-0.1, -0.05) is 49.4 Å². The molecule has 2 N–H and O–H groups in total. The van der Waals surface area contributed by atoms with Crippen molar-refractivity contribution in [2.75, 3.05) is 13.0 Å². The van der Waals surface area contributed by atoms with Crippen molar-refractivity contribution in [1.29, 1.82) is 0 Å². The van der Waals surface area contributed by atoms with Gasteiger partial charge in [-0.25, -0.2) is 0 Å². The Morgan fingerprint density at radius 1 is 1.00 bits per heavy atom. The van der Waals surface area contributed by atoms with Crippen molar-refractivity contribution in [3.8, 4) is 11.5 Å². The van der Waals surface area contributed by atoms with Gasteiger partial charge in [-0.3, -0.25) is 4.98 Å². The van der Waals surface area contributed by atoms with E-state index in [0.29, 0.717) is 41.9 Å². The summed E-state index contributed by atoms with van der Waals surface area (Å²) in [6.45, 7) is 6.61. The third-order valence-corrected chi connectivity index (χ3v) is 10.2. The van der Waals surface area contributed by atoms with Gasteiger partial charge in [-0.2, -0.15) is 0 Å². The van der Waals surface area contributed by atoms with Gasteiger partial charge in [-0.15, -0.1) is 0 Å². The van der Waals surface area contributed by atoms with E-state index in [1.165, 1.54) is 31.2 Å². The summed E-state index contributed by atoms with van der Waals surface area (Å²) in [5, 5.41) is 11.2. The van der Waals surface area contributed by atoms with E-state index in [2.05, 4.69) is 13.8 Å². The number of benzene rings is 2. The summed E-state index contributed by atoms with van der Waals surface area (Å²) >= 11 is 6.16. The van der Waals surface area contributed by atoms with Gasteiger partial charge in [0.05, 0.1) is 18.4 Å². The normalized spacial score (nSPS) is 22.2. The Bertz CT molecular complexity index is 1340. The van der Waals surface area contributed by atoms with Crippen LogP contribution in [0.1, 0.15) is 96.2 Å². The second kappa shape index (κ2) is 12.8. The highest BCUT2D eigenvalue weighted by atomic mass is 35.5. The number of rotatable bonds is 7. The molecule has 1 aromatic heterocycles. The zero-order valence-electron chi connectivity index (χ0n) is 23.7. The lowest BCUT2D eigenvalue weighted by atomic mass is 9.92. The van der Waals surface area contributed by atoms with Crippen molar-refractivity contribution in [3.63, 3.8) is 0 Å². The van der Waals surface area contributed by atoms with E-state index in [-0.39, 0.29) is 12.5 Å². The second-order valence-electron chi connectivity index (χ2n) is 11.2. The van der Waals surface area contributed by atoms with E-state index in [4.69, 9.17) is 30.4 Å². The third kappa shape index (κ3) is 6.80. The largest absolute Gasteiger partial charge is 0.506 e. The monoisotopic (exact) mass is 584 g/mol. The molecule has 1 aliphatic heterocycles. The first-order chi connectivity index (χ1) is 19.2. The maximum absolute atomic E-state index is 11.2. The van der Waals surface area contributed by atoms with Crippen LogP contribution in [0.4, 0.5) is 0 Å². The number of hydrogen-bond acceptors (Lipinski definition) is 6. The molecule has 1 aliphatic carbocycles. The molecule has 40 heavy (non-hydrogen) atoms. The minimum atomic E-state index is -3.21. The Morgan fingerprint density at radius 2 is 1.77 bits per heavy atom. The van der Waals surface area contributed by atoms with Crippen molar-refractivity contribution in [2.45, 2.75) is 84.2 Å². The zero-order valence-corrected chi connectivity index (χ0v) is 25.3. The molecule has 0 amide bonds. The molecule has 1 radical (unpaired) electrons. The van der Waals surface area contributed by atoms with Gasteiger partial charge in [0.2, 0.25) is 0 Å². The van der Waals surface area contributed by atoms with E-state index in [1.807, 2.05) is 49.4 Å². The molecular formula is C32H40ClNO5P. The molecule has 215 valence electrons. The minimum absolute atomic E-state index is 0.0482. The molecule has 0 bridgehead atoms. The van der Waals surface area contributed by atoms with Crippen LogP contribution in [0.15, 0.2) is 42.5 Å². The number of nitrogens with zero attached hydrogens (tertiary/aromatic N) is 1. The highest BCUT2D eigenvalue weighted by Gasteiger charge is 2.37. The number of ether oxygens (including phenoxy) is 1. The standard InChI is InChI=1S/C32H40ClNO5P/c1-21-17-31(37-20-40(36)38-16-15-30(39-40)25-11-8-12-26(33)18-25)23(3)22(2)28(21)19-27-13-14-29(35)32(34-27)24-9-6-4-5-7-10-24/h8,11-14,17-18,24,30,35-36H,4-7,9-10,15-16,19-20H2,1-3H3. The summed E-state index contributed by atoms with van der Waals surface area (Å²) in [5.41, 5.74) is 7.18. The smallest absolute Gasteiger partial charge is 0.269 e. The molecule has 0 spiro atoms. The maximum atomic E-state index is 11.2. The summed E-state index contributed by atoms with van der Waals surface area (Å²) < 4.78 is 17.9.